The lowest BCUT2D eigenvalue weighted by Gasteiger charge is -2.37. The molecule has 6 heteroatoms. The van der Waals surface area contributed by atoms with Crippen LogP contribution in [0.4, 0.5) is 0 Å². The molecule has 1 aliphatic heterocycles. The molecule has 1 fully saturated rings. The summed E-state index contributed by atoms with van der Waals surface area (Å²) < 4.78 is 16.3. The number of ether oxygens (including phenoxy) is 3. The van der Waals surface area contributed by atoms with Crippen molar-refractivity contribution in [1.82, 2.24) is 10.2 Å². The largest absolute Gasteiger partial charge is 0.496 e. The van der Waals surface area contributed by atoms with Crippen molar-refractivity contribution < 1.29 is 19.0 Å². The maximum Gasteiger partial charge on any atom is 0.254 e. The monoisotopic (exact) mass is 384 g/mol. The third kappa shape index (κ3) is 4.82. The van der Waals surface area contributed by atoms with Gasteiger partial charge >= 0.3 is 0 Å². The van der Waals surface area contributed by atoms with E-state index in [9.17, 15) is 4.79 Å². The molecule has 0 aromatic heterocycles. The fraction of sp³-hybridized carbons (Fsp3) is 0.409. The van der Waals surface area contributed by atoms with Gasteiger partial charge in [-0.05, 0) is 24.3 Å². The van der Waals surface area contributed by atoms with E-state index in [0.29, 0.717) is 37.6 Å². The number of hydrogen-bond donors (Lipinski definition) is 1. The van der Waals surface area contributed by atoms with E-state index in [2.05, 4.69) is 5.32 Å². The summed E-state index contributed by atoms with van der Waals surface area (Å²) in [6, 6.07) is 15.2. The molecular formula is C22H28N2O4. The number of nitrogens with zero attached hydrogens (tertiary/aromatic N) is 1. The molecule has 1 amide bonds. The van der Waals surface area contributed by atoms with Gasteiger partial charge in [0.25, 0.3) is 5.91 Å². The second-order valence-corrected chi connectivity index (χ2v) is 6.68. The number of hydrogen-bond acceptors (Lipinski definition) is 5. The lowest BCUT2D eigenvalue weighted by atomic mass is 10.0. The van der Waals surface area contributed by atoms with Gasteiger partial charge in [-0.2, -0.15) is 0 Å². The molecule has 0 saturated carbocycles. The van der Waals surface area contributed by atoms with Gasteiger partial charge in [-0.25, -0.2) is 0 Å². The predicted molar refractivity (Wildman–Crippen MR) is 108 cm³/mol. The summed E-state index contributed by atoms with van der Waals surface area (Å²) in [6.07, 6.45) is 0.808. The highest BCUT2D eigenvalue weighted by Gasteiger charge is 2.30. The van der Waals surface area contributed by atoms with Gasteiger partial charge in [0.05, 0.1) is 19.8 Å². The Morgan fingerprint density at radius 1 is 1.14 bits per heavy atom. The molecule has 0 spiro atoms. The first-order valence-corrected chi connectivity index (χ1v) is 9.61. The fourth-order valence-electron chi connectivity index (χ4n) is 3.44. The van der Waals surface area contributed by atoms with Crippen molar-refractivity contribution in [3.05, 3.63) is 59.7 Å². The van der Waals surface area contributed by atoms with Crippen LogP contribution in [0.15, 0.2) is 48.5 Å². The molecule has 1 unspecified atom stereocenters. The van der Waals surface area contributed by atoms with Crippen molar-refractivity contribution in [3.63, 3.8) is 0 Å². The Kier molecular flexibility index (Phi) is 7.28. The number of piperazine rings is 1. The predicted octanol–water partition coefficient (Wildman–Crippen LogP) is 2.90. The zero-order valence-electron chi connectivity index (χ0n) is 16.5. The summed E-state index contributed by atoms with van der Waals surface area (Å²) in [5.74, 6) is 1.50. The minimum absolute atomic E-state index is 0.000234. The first-order valence-electron chi connectivity index (χ1n) is 9.61. The number of carbonyl (C=O) groups is 1. The number of amides is 1. The molecule has 1 aliphatic rings. The highest BCUT2D eigenvalue weighted by Crippen LogP contribution is 2.31. The van der Waals surface area contributed by atoms with Crippen molar-refractivity contribution in [2.45, 2.75) is 12.5 Å². The first-order chi connectivity index (χ1) is 13.7. The average molecular weight is 384 g/mol. The first kappa shape index (κ1) is 20.2. The van der Waals surface area contributed by atoms with Crippen molar-refractivity contribution >= 4 is 5.91 Å². The third-order valence-corrected chi connectivity index (χ3v) is 4.84. The van der Waals surface area contributed by atoms with Crippen LogP contribution < -0.4 is 14.8 Å². The topological polar surface area (TPSA) is 60.0 Å². The Bertz CT molecular complexity index is 781. The summed E-state index contributed by atoms with van der Waals surface area (Å²) >= 11 is 0. The molecule has 28 heavy (non-hydrogen) atoms. The van der Waals surface area contributed by atoms with Gasteiger partial charge in [0.1, 0.15) is 11.5 Å². The highest BCUT2D eigenvalue weighted by atomic mass is 16.5. The second kappa shape index (κ2) is 10.1. The lowest BCUT2D eigenvalue weighted by Crippen LogP contribution is -2.48. The van der Waals surface area contributed by atoms with Gasteiger partial charge in [-0.15, -0.1) is 0 Å². The van der Waals surface area contributed by atoms with Crippen LogP contribution >= 0.6 is 0 Å². The molecule has 150 valence electrons. The van der Waals surface area contributed by atoms with Crippen LogP contribution in [0.1, 0.15) is 28.4 Å². The van der Waals surface area contributed by atoms with E-state index < -0.39 is 0 Å². The number of para-hydroxylation sites is 1. The molecule has 2 aromatic carbocycles. The van der Waals surface area contributed by atoms with Crippen molar-refractivity contribution in [1.29, 1.82) is 0 Å². The standard InChI is InChI=1S/C22H28N2O4/c1-26-13-6-14-28-18-8-5-7-17(15-18)22(25)24-12-11-23-16-20(24)19-9-3-4-10-21(19)27-2/h3-5,7-10,15,20,23H,6,11-14,16H2,1-2H3. The summed E-state index contributed by atoms with van der Waals surface area (Å²) in [5.41, 5.74) is 1.64. The van der Waals surface area contributed by atoms with E-state index in [1.54, 1.807) is 14.2 Å². The van der Waals surface area contributed by atoms with Crippen LogP contribution in [0.25, 0.3) is 0 Å². The Labute approximate surface area is 166 Å². The molecule has 1 heterocycles. The fourth-order valence-corrected chi connectivity index (χ4v) is 3.44. The van der Waals surface area contributed by atoms with Crippen LogP contribution in [-0.2, 0) is 4.74 Å². The van der Waals surface area contributed by atoms with E-state index >= 15 is 0 Å². The zero-order valence-corrected chi connectivity index (χ0v) is 16.5. The molecule has 0 radical (unpaired) electrons. The molecular weight excluding hydrogens is 356 g/mol. The van der Waals surface area contributed by atoms with Crippen molar-refractivity contribution in [3.8, 4) is 11.5 Å². The second-order valence-electron chi connectivity index (χ2n) is 6.68. The van der Waals surface area contributed by atoms with Crippen LogP contribution in [0, 0.1) is 0 Å². The van der Waals surface area contributed by atoms with Gasteiger partial charge in [0, 0.05) is 50.9 Å². The van der Waals surface area contributed by atoms with Crippen LogP contribution in [0.5, 0.6) is 11.5 Å². The molecule has 1 N–H and O–H groups in total. The Balaban J connectivity index is 1.78. The molecule has 0 bridgehead atoms. The molecule has 2 aromatic rings. The van der Waals surface area contributed by atoms with Gasteiger partial charge in [0.2, 0.25) is 0 Å². The number of nitrogens with one attached hydrogen (secondary N) is 1. The highest BCUT2D eigenvalue weighted by molar-refractivity contribution is 5.95. The number of carbonyl (C=O) groups excluding carboxylic acids is 1. The normalized spacial score (nSPS) is 16.6. The van der Waals surface area contributed by atoms with Crippen LogP contribution in [0.2, 0.25) is 0 Å². The average Bonchev–Trinajstić information content (AvgIpc) is 2.76. The Hall–Kier alpha value is -2.57. The van der Waals surface area contributed by atoms with E-state index in [-0.39, 0.29) is 11.9 Å². The lowest BCUT2D eigenvalue weighted by molar-refractivity contribution is 0.0631. The Morgan fingerprint density at radius 3 is 2.82 bits per heavy atom. The minimum atomic E-state index is -0.0799. The number of methoxy groups -OCH3 is 2. The molecule has 0 aliphatic carbocycles. The number of rotatable bonds is 8. The van der Waals surface area contributed by atoms with Gasteiger partial charge < -0.3 is 24.4 Å². The summed E-state index contributed by atoms with van der Waals surface area (Å²) in [7, 11) is 3.33. The van der Waals surface area contributed by atoms with E-state index in [1.165, 1.54) is 0 Å². The quantitative estimate of drug-likeness (QED) is 0.709. The van der Waals surface area contributed by atoms with E-state index in [4.69, 9.17) is 14.2 Å². The summed E-state index contributed by atoms with van der Waals surface area (Å²) in [5, 5.41) is 3.39. The smallest absolute Gasteiger partial charge is 0.254 e. The van der Waals surface area contributed by atoms with E-state index in [0.717, 1.165) is 24.3 Å². The van der Waals surface area contributed by atoms with Crippen LogP contribution in [0.3, 0.4) is 0 Å². The van der Waals surface area contributed by atoms with Crippen molar-refractivity contribution in [2.24, 2.45) is 0 Å². The molecule has 1 atom stereocenters. The summed E-state index contributed by atoms with van der Waals surface area (Å²) in [4.78, 5) is 15.2. The summed E-state index contributed by atoms with van der Waals surface area (Å²) in [6.45, 7) is 3.31. The molecule has 6 nitrogen and oxygen atoms in total. The maximum atomic E-state index is 13.3. The van der Waals surface area contributed by atoms with Crippen molar-refractivity contribution in [2.75, 3.05) is 47.1 Å². The van der Waals surface area contributed by atoms with Gasteiger partial charge in [0.15, 0.2) is 0 Å². The zero-order chi connectivity index (χ0) is 19.8. The number of benzene rings is 2. The molecule has 1 saturated heterocycles. The minimum Gasteiger partial charge on any atom is -0.496 e. The third-order valence-electron chi connectivity index (χ3n) is 4.84. The maximum absolute atomic E-state index is 13.3. The van der Waals surface area contributed by atoms with Gasteiger partial charge in [-0.1, -0.05) is 24.3 Å². The van der Waals surface area contributed by atoms with E-state index in [1.807, 2.05) is 53.4 Å². The van der Waals surface area contributed by atoms with Crippen LogP contribution in [-0.4, -0.2) is 57.9 Å². The Morgan fingerprint density at radius 2 is 2.00 bits per heavy atom. The SMILES string of the molecule is COCCCOc1cccc(C(=O)N2CCNCC2c2ccccc2OC)c1. The molecule has 3 rings (SSSR count). The van der Waals surface area contributed by atoms with Gasteiger partial charge in [-0.3, -0.25) is 4.79 Å².